The Morgan fingerprint density at radius 1 is 1.53 bits per heavy atom. The minimum Gasteiger partial charge on any atom is -0.492 e. The van der Waals surface area contributed by atoms with Gasteiger partial charge in [-0.05, 0) is 19.9 Å². The topological polar surface area (TPSA) is 38.3 Å². The number of para-hydroxylation sites is 1. The molecule has 1 amide bonds. The first-order valence-electron chi connectivity index (χ1n) is 5.63. The Morgan fingerprint density at radius 2 is 2.24 bits per heavy atom. The number of ether oxygens (including phenoxy) is 1. The van der Waals surface area contributed by atoms with E-state index in [1.165, 1.54) is 0 Å². The van der Waals surface area contributed by atoms with E-state index in [0.717, 1.165) is 11.3 Å². The maximum Gasteiger partial charge on any atom is 0.231 e. The van der Waals surface area contributed by atoms with Crippen LogP contribution in [-0.2, 0) is 4.79 Å². The largest absolute Gasteiger partial charge is 0.492 e. The molecule has 0 bridgehead atoms. The molecule has 1 N–H and O–H groups in total. The normalized spacial score (nSPS) is 18.4. The first-order chi connectivity index (χ1) is 8.03. The van der Waals surface area contributed by atoms with Gasteiger partial charge in [0.1, 0.15) is 18.3 Å². The van der Waals surface area contributed by atoms with Crippen molar-refractivity contribution in [3.8, 4) is 5.75 Å². The van der Waals surface area contributed by atoms with E-state index in [-0.39, 0.29) is 11.8 Å². The lowest BCUT2D eigenvalue weighted by molar-refractivity contribution is -0.124. The zero-order valence-electron chi connectivity index (χ0n) is 10.00. The van der Waals surface area contributed by atoms with Gasteiger partial charge in [0.25, 0.3) is 0 Å². The maximum atomic E-state index is 12.1. The van der Waals surface area contributed by atoms with Crippen molar-refractivity contribution < 1.29 is 9.53 Å². The third kappa shape index (κ3) is 2.55. The van der Waals surface area contributed by atoms with Gasteiger partial charge >= 0.3 is 0 Å². The second-order valence-corrected chi connectivity index (χ2v) is 5.18. The van der Waals surface area contributed by atoms with E-state index in [2.05, 4.69) is 5.32 Å². The Labute approximate surface area is 106 Å². The molecule has 1 aromatic rings. The molecule has 1 heterocycles. The number of carbonyl (C=O) groups is 1. The van der Waals surface area contributed by atoms with Crippen LogP contribution in [0.4, 0.5) is 0 Å². The van der Waals surface area contributed by atoms with E-state index in [0.29, 0.717) is 12.5 Å². The van der Waals surface area contributed by atoms with Crippen LogP contribution in [-0.4, -0.2) is 23.9 Å². The number of alkyl halides is 1. The summed E-state index contributed by atoms with van der Waals surface area (Å²) in [6.45, 7) is 4.21. The summed E-state index contributed by atoms with van der Waals surface area (Å²) in [5, 5.41) is 2.94. The van der Waals surface area contributed by atoms with Crippen LogP contribution in [0.5, 0.6) is 5.75 Å². The summed E-state index contributed by atoms with van der Waals surface area (Å²) in [5.74, 6) is 0.930. The highest BCUT2D eigenvalue weighted by molar-refractivity contribution is 6.18. The second kappa shape index (κ2) is 4.57. The molecule has 1 aliphatic heterocycles. The van der Waals surface area contributed by atoms with Crippen LogP contribution >= 0.6 is 11.6 Å². The highest BCUT2D eigenvalue weighted by atomic mass is 35.5. The summed E-state index contributed by atoms with van der Waals surface area (Å²) in [6, 6.07) is 7.64. The molecule has 0 fully saturated rings. The molecular weight excluding hydrogens is 238 g/mol. The first kappa shape index (κ1) is 12.2. The fourth-order valence-electron chi connectivity index (χ4n) is 1.83. The first-order valence-corrected chi connectivity index (χ1v) is 6.17. The van der Waals surface area contributed by atoms with E-state index >= 15 is 0 Å². The van der Waals surface area contributed by atoms with Crippen molar-refractivity contribution in [2.24, 2.45) is 0 Å². The van der Waals surface area contributed by atoms with Crippen LogP contribution in [0.25, 0.3) is 0 Å². The molecule has 1 aromatic carbocycles. The van der Waals surface area contributed by atoms with Crippen molar-refractivity contribution in [1.29, 1.82) is 0 Å². The monoisotopic (exact) mass is 253 g/mol. The zero-order chi connectivity index (χ0) is 12.5. The summed E-state index contributed by atoms with van der Waals surface area (Å²) in [4.78, 5) is 12.1. The van der Waals surface area contributed by atoms with Crippen molar-refractivity contribution in [3.05, 3.63) is 29.8 Å². The smallest absolute Gasteiger partial charge is 0.231 e. The molecule has 4 heteroatoms. The predicted octanol–water partition coefficient (Wildman–Crippen LogP) is 2.30. The summed E-state index contributed by atoms with van der Waals surface area (Å²) < 4.78 is 5.49. The molecule has 0 saturated carbocycles. The minimum atomic E-state index is -0.393. The lowest BCUT2D eigenvalue weighted by Crippen LogP contribution is -2.47. The summed E-state index contributed by atoms with van der Waals surface area (Å²) in [7, 11) is 0. The van der Waals surface area contributed by atoms with Crippen molar-refractivity contribution in [3.63, 3.8) is 0 Å². The van der Waals surface area contributed by atoms with Gasteiger partial charge in [-0.2, -0.15) is 0 Å². The number of amides is 1. The molecule has 0 spiro atoms. The van der Waals surface area contributed by atoms with Gasteiger partial charge in [0.2, 0.25) is 5.91 Å². The highest BCUT2D eigenvalue weighted by Crippen LogP contribution is 2.33. The number of hydrogen-bond donors (Lipinski definition) is 1. The number of nitrogens with one attached hydrogen (secondary N) is 1. The lowest BCUT2D eigenvalue weighted by Gasteiger charge is -2.25. The molecule has 2 rings (SSSR count). The molecule has 0 aliphatic carbocycles. The molecule has 1 atom stereocenters. The zero-order valence-corrected chi connectivity index (χ0v) is 10.8. The van der Waals surface area contributed by atoms with E-state index in [1.54, 1.807) is 0 Å². The van der Waals surface area contributed by atoms with Crippen LogP contribution in [0.1, 0.15) is 25.3 Å². The Bertz CT molecular complexity index is 431. The molecule has 0 saturated heterocycles. The van der Waals surface area contributed by atoms with Gasteiger partial charge in [-0.25, -0.2) is 0 Å². The van der Waals surface area contributed by atoms with Crippen molar-refractivity contribution in [1.82, 2.24) is 5.32 Å². The SMILES string of the molecule is CC(C)(CCl)NC(=O)C1COc2ccccc21. The number of benzene rings is 1. The Hall–Kier alpha value is -1.22. The molecule has 3 nitrogen and oxygen atoms in total. The molecule has 0 radical (unpaired) electrons. The van der Waals surface area contributed by atoms with Crippen LogP contribution in [0, 0.1) is 0 Å². The Morgan fingerprint density at radius 3 is 2.94 bits per heavy atom. The molecular formula is C13H16ClNO2. The van der Waals surface area contributed by atoms with Gasteiger partial charge in [0.05, 0.1) is 0 Å². The quantitative estimate of drug-likeness (QED) is 0.840. The van der Waals surface area contributed by atoms with Crippen LogP contribution in [0.15, 0.2) is 24.3 Å². The van der Waals surface area contributed by atoms with Gasteiger partial charge in [-0.1, -0.05) is 18.2 Å². The molecule has 1 aliphatic rings. The predicted molar refractivity (Wildman–Crippen MR) is 67.6 cm³/mol. The van der Waals surface area contributed by atoms with Gasteiger partial charge in [-0.15, -0.1) is 11.6 Å². The van der Waals surface area contributed by atoms with Gasteiger partial charge in [-0.3, -0.25) is 4.79 Å². The average Bonchev–Trinajstić information content (AvgIpc) is 2.72. The third-order valence-corrected chi connectivity index (χ3v) is 3.48. The number of fused-ring (bicyclic) bond motifs is 1. The maximum absolute atomic E-state index is 12.1. The Balaban J connectivity index is 2.13. The van der Waals surface area contributed by atoms with Crippen molar-refractivity contribution in [2.75, 3.05) is 12.5 Å². The summed E-state index contributed by atoms with van der Waals surface area (Å²) in [5.41, 5.74) is 0.561. The highest BCUT2D eigenvalue weighted by Gasteiger charge is 2.32. The van der Waals surface area contributed by atoms with Gasteiger partial charge in [0, 0.05) is 17.0 Å². The second-order valence-electron chi connectivity index (χ2n) is 4.91. The molecule has 0 aromatic heterocycles. The van der Waals surface area contributed by atoms with Gasteiger partial charge in [0.15, 0.2) is 0 Å². The van der Waals surface area contributed by atoms with E-state index < -0.39 is 5.54 Å². The fourth-order valence-corrected chi connectivity index (χ4v) is 1.90. The standard InChI is InChI=1S/C13H16ClNO2/c1-13(2,8-14)15-12(16)10-7-17-11-6-4-3-5-9(10)11/h3-6,10H,7-8H2,1-2H3,(H,15,16). The Kier molecular flexibility index (Phi) is 3.29. The molecule has 92 valence electrons. The van der Waals surface area contributed by atoms with E-state index in [4.69, 9.17) is 16.3 Å². The summed E-state index contributed by atoms with van der Waals surface area (Å²) >= 11 is 5.80. The number of halogens is 1. The van der Waals surface area contributed by atoms with E-state index in [1.807, 2.05) is 38.1 Å². The third-order valence-electron chi connectivity index (χ3n) is 2.81. The van der Waals surface area contributed by atoms with Crippen molar-refractivity contribution >= 4 is 17.5 Å². The van der Waals surface area contributed by atoms with Crippen LogP contribution < -0.4 is 10.1 Å². The average molecular weight is 254 g/mol. The van der Waals surface area contributed by atoms with Crippen LogP contribution in [0.3, 0.4) is 0 Å². The van der Waals surface area contributed by atoms with E-state index in [9.17, 15) is 4.79 Å². The van der Waals surface area contributed by atoms with Crippen molar-refractivity contribution in [2.45, 2.75) is 25.3 Å². The number of carbonyl (C=O) groups excluding carboxylic acids is 1. The lowest BCUT2D eigenvalue weighted by atomic mass is 9.98. The number of hydrogen-bond acceptors (Lipinski definition) is 2. The molecule has 17 heavy (non-hydrogen) atoms. The van der Waals surface area contributed by atoms with Gasteiger partial charge < -0.3 is 10.1 Å². The fraction of sp³-hybridized carbons (Fsp3) is 0.462. The number of rotatable bonds is 3. The summed E-state index contributed by atoms with van der Waals surface area (Å²) in [6.07, 6.45) is 0. The van der Waals surface area contributed by atoms with Crippen LogP contribution in [0.2, 0.25) is 0 Å². The molecule has 1 unspecified atom stereocenters. The minimum absolute atomic E-state index is 0.0272.